The molecule has 4 aromatic rings. The molecule has 44 heavy (non-hydrogen) atoms. The van der Waals surface area contributed by atoms with Crippen LogP contribution >= 0.6 is 0 Å². The van der Waals surface area contributed by atoms with Gasteiger partial charge in [-0.2, -0.15) is 0 Å². The average molecular weight is 591 g/mol. The molecule has 226 valence electrons. The van der Waals surface area contributed by atoms with Gasteiger partial charge in [-0.25, -0.2) is 9.18 Å². The second kappa shape index (κ2) is 10.6. The van der Waals surface area contributed by atoms with Crippen molar-refractivity contribution in [2.75, 3.05) is 0 Å². The molecule has 0 N–H and O–H groups in total. The molecule has 6 heteroatoms. The average Bonchev–Trinajstić information content (AvgIpc) is 3.32. The van der Waals surface area contributed by atoms with E-state index in [0.29, 0.717) is 30.7 Å². The summed E-state index contributed by atoms with van der Waals surface area (Å²) in [5.74, 6) is 1.38. The van der Waals surface area contributed by atoms with E-state index in [1.165, 1.54) is 37.1 Å². The lowest BCUT2D eigenvalue weighted by atomic mass is 9.47. The van der Waals surface area contributed by atoms with Crippen LogP contribution in [0.4, 0.5) is 4.39 Å². The predicted molar refractivity (Wildman–Crippen MR) is 167 cm³/mol. The fourth-order valence-electron chi connectivity index (χ4n) is 9.99. The first kappa shape index (κ1) is 27.6. The Morgan fingerprint density at radius 1 is 0.841 bits per heavy atom. The molecule has 0 radical (unpaired) electrons. The van der Waals surface area contributed by atoms with Crippen molar-refractivity contribution < 1.29 is 18.7 Å². The molecule has 2 heterocycles. The second-order valence-corrected chi connectivity index (χ2v) is 14.0. The summed E-state index contributed by atoms with van der Waals surface area (Å²) < 4.78 is 22.3. The number of carbonyl (C=O) groups excluding carboxylic acids is 2. The van der Waals surface area contributed by atoms with E-state index >= 15 is 0 Å². The minimum Gasteiger partial charge on any atom is -0.459 e. The van der Waals surface area contributed by atoms with Crippen molar-refractivity contribution in [3.63, 3.8) is 0 Å². The minimum atomic E-state index is -0.688. The predicted octanol–water partition coefficient (Wildman–Crippen LogP) is 7.60. The van der Waals surface area contributed by atoms with Crippen LogP contribution in [0.2, 0.25) is 0 Å². The number of nitrogens with zero attached hydrogens (tertiary/aromatic N) is 2. The summed E-state index contributed by atoms with van der Waals surface area (Å²) in [7, 11) is 0. The van der Waals surface area contributed by atoms with Gasteiger partial charge in [0.2, 0.25) is 5.91 Å². The van der Waals surface area contributed by atoms with Gasteiger partial charge in [-0.1, -0.05) is 60.7 Å². The van der Waals surface area contributed by atoms with Crippen molar-refractivity contribution in [2.24, 2.45) is 23.2 Å². The highest BCUT2D eigenvalue weighted by molar-refractivity contribution is 5.90. The van der Waals surface area contributed by atoms with Crippen LogP contribution in [0.5, 0.6) is 0 Å². The first-order valence-corrected chi connectivity index (χ1v) is 16.2. The molecule has 9 rings (SSSR count). The number of ether oxygens (including phenoxy) is 1. The van der Waals surface area contributed by atoms with E-state index in [9.17, 15) is 14.0 Å². The SMILES string of the molecule is CC(=O)N1[C@H](C23CC4CC(CC(C4)C2)C3)c2c(c3ccccc3n2Cc2ccc(F)cc2)C[C@H]1C(=O)OCc1ccccc1. The Hall–Kier alpha value is -3.93. The highest BCUT2D eigenvalue weighted by atomic mass is 19.1. The molecular formula is C38H39FN2O3. The third-order valence-corrected chi connectivity index (χ3v) is 11.2. The molecule has 4 bridgehead atoms. The van der Waals surface area contributed by atoms with Crippen LogP contribution < -0.4 is 0 Å². The van der Waals surface area contributed by atoms with Crippen LogP contribution in [0, 0.1) is 29.0 Å². The van der Waals surface area contributed by atoms with Crippen LogP contribution in [0.15, 0.2) is 78.9 Å². The molecule has 5 aliphatic rings. The lowest BCUT2D eigenvalue weighted by molar-refractivity contribution is -0.169. The fraction of sp³-hybridized carbons (Fsp3) is 0.421. The topological polar surface area (TPSA) is 51.5 Å². The van der Waals surface area contributed by atoms with Gasteiger partial charge < -0.3 is 14.2 Å². The largest absolute Gasteiger partial charge is 0.459 e. The minimum absolute atomic E-state index is 0.0726. The Bertz CT molecular complexity index is 1690. The number of esters is 1. The first-order chi connectivity index (χ1) is 21.4. The smallest absolute Gasteiger partial charge is 0.329 e. The summed E-state index contributed by atoms with van der Waals surface area (Å²) in [5.41, 5.74) is 5.28. The molecule has 4 saturated carbocycles. The summed E-state index contributed by atoms with van der Waals surface area (Å²) in [6.07, 6.45) is 7.58. The van der Waals surface area contributed by atoms with E-state index in [1.54, 1.807) is 6.92 Å². The summed E-state index contributed by atoms with van der Waals surface area (Å²) in [6.45, 7) is 2.39. The molecule has 1 amide bonds. The lowest BCUT2D eigenvalue weighted by Gasteiger charge is -2.62. The molecule has 1 aromatic heterocycles. The molecule has 0 spiro atoms. The Balaban J connectivity index is 1.29. The zero-order valence-corrected chi connectivity index (χ0v) is 25.3. The maximum absolute atomic E-state index is 14.1. The van der Waals surface area contributed by atoms with Gasteiger partial charge in [-0.05, 0) is 96.6 Å². The Morgan fingerprint density at radius 3 is 2.14 bits per heavy atom. The number of halogens is 1. The van der Waals surface area contributed by atoms with Gasteiger partial charge in [0, 0.05) is 36.5 Å². The van der Waals surface area contributed by atoms with Crippen molar-refractivity contribution in [1.29, 1.82) is 0 Å². The van der Waals surface area contributed by atoms with Crippen LogP contribution in [0.3, 0.4) is 0 Å². The van der Waals surface area contributed by atoms with Crippen molar-refractivity contribution in [3.05, 3.63) is 107 Å². The van der Waals surface area contributed by atoms with Crippen molar-refractivity contribution in [1.82, 2.24) is 9.47 Å². The molecule has 0 saturated heterocycles. The highest BCUT2D eigenvalue weighted by Crippen LogP contribution is 2.66. The molecule has 2 atom stereocenters. The van der Waals surface area contributed by atoms with Gasteiger partial charge in [0.1, 0.15) is 18.5 Å². The Labute approximate surface area is 258 Å². The van der Waals surface area contributed by atoms with Crippen molar-refractivity contribution in [3.8, 4) is 0 Å². The first-order valence-electron chi connectivity index (χ1n) is 16.2. The highest BCUT2D eigenvalue weighted by Gasteiger charge is 2.60. The van der Waals surface area contributed by atoms with E-state index < -0.39 is 6.04 Å². The Morgan fingerprint density at radius 2 is 1.48 bits per heavy atom. The van der Waals surface area contributed by atoms with Gasteiger partial charge in [-0.15, -0.1) is 0 Å². The number of rotatable bonds is 6. The number of fused-ring (bicyclic) bond motifs is 3. The fourth-order valence-corrected chi connectivity index (χ4v) is 9.99. The van der Waals surface area contributed by atoms with E-state index in [4.69, 9.17) is 4.74 Å². The molecule has 4 aliphatic carbocycles. The molecule has 5 nitrogen and oxygen atoms in total. The van der Waals surface area contributed by atoms with Gasteiger partial charge >= 0.3 is 5.97 Å². The van der Waals surface area contributed by atoms with Gasteiger partial charge in [0.25, 0.3) is 0 Å². The summed E-state index contributed by atoms with van der Waals surface area (Å²) >= 11 is 0. The van der Waals surface area contributed by atoms with E-state index in [1.807, 2.05) is 47.4 Å². The molecule has 0 unspecified atom stereocenters. The van der Waals surface area contributed by atoms with Gasteiger partial charge in [0.05, 0.1) is 6.04 Å². The number of benzene rings is 3. The van der Waals surface area contributed by atoms with E-state index in [2.05, 4.69) is 28.8 Å². The number of amides is 1. The Kier molecular flexibility index (Phi) is 6.65. The number of hydrogen-bond acceptors (Lipinski definition) is 3. The van der Waals surface area contributed by atoms with Gasteiger partial charge in [0.15, 0.2) is 0 Å². The zero-order valence-electron chi connectivity index (χ0n) is 25.3. The molecular weight excluding hydrogens is 551 g/mol. The number of aromatic nitrogens is 1. The van der Waals surface area contributed by atoms with E-state index in [-0.39, 0.29) is 35.8 Å². The summed E-state index contributed by atoms with van der Waals surface area (Å²) in [6, 6.07) is 24.0. The quantitative estimate of drug-likeness (QED) is 0.217. The third-order valence-electron chi connectivity index (χ3n) is 11.2. The maximum Gasteiger partial charge on any atom is 0.329 e. The van der Waals surface area contributed by atoms with Gasteiger partial charge in [-0.3, -0.25) is 4.79 Å². The maximum atomic E-state index is 14.1. The third kappa shape index (κ3) is 4.56. The second-order valence-electron chi connectivity index (χ2n) is 14.0. The standard InChI is InChI=1S/C38H39FN2O3/c1-24(42)41-34(37(43)44-23-26-7-3-2-4-8-26)18-32-31-9-5-6-10-33(31)40(22-25-11-13-30(39)14-12-25)35(32)36(41)38-19-27-15-28(20-38)17-29(16-27)21-38/h2-14,27-29,34,36H,15-23H2,1H3/t27?,28?,29?,34-,36-,38?/m0/s1. The van der Waals surface area contributed by atoms with Crippen LogP contribution in [-0.4, -0.2) is 27.4 Å². The normalized spacial score (nSPS) is 28.7. The summed E-state index contributed by atoms with van der Waals surface area (Å²) in [5, 5.41) is 1.13. The zero-order chi connectivity index (χ0) is 30.0. The van der Waals surface area contributed by atoms with Crippen LogP contribution in [0.25, 0.3) is 10.9 Å². The number of carbonyl (C=O) groups is 2. The van der Waals surface area contributed by atoms with Crippen molar-refractivity contribution in [2.45, 2.75) is 77.1 Å². The monoisotopic (exact) mass is 590 g/mol. The number of para-hydroxylation sites is 1. The lowest BCUT2D eigenvalue weighted by Crippen LogP contribution is -2.59. The van der Waals surface area contributed by atoms with E-state index in [0.717, 1.165) is 46.9 Å². The van der Waals surface area contributed by atoms with Crippen LogP contribution in [-0.2, 0) is 33.9 Å². The molecule has 1 aliphatic heterocycles. The number of hydrogen-bond donors (Lipinski definition) is 0. The van der Waals surface area contributed by atoms with Crippen LogP contribution in [0.1, 0.15) is 73.9 Å². The molecule has 3 aromatic carbocycles. The molecule has 4 fully saturated rings. The summed E-state index contributed by atoms with van der Waals surface area (Å²) in [4.78, 5) is 29.9. The van der Waals surface area contributed by atoms with Crippen molar-refractivity contribution >= 4 is 22.8 Å².